The Morgan fingerprint density at radius 1 is 1.12 bits per heavy atom. The minimum atomic E-state index is -0.377. The number of rotatable bonds is 5. The normalized spacial score (nSPS) is 10.4. The van der Waals surface area contributed by atoms with Crippen LogP contribution in [-0.4, -0.2) is 21.2 Å². The van der Waals surface area contributed by atoms with Gasteiger partial charge in [0.05, 0.1) is 5.75 Å². The number of hydrogen-bond acceptors (Lipinski definition) is 4. The molecule has 1 N–H and O–H groups in total. The first-order valence-corrected chi connectivity index (χ1v) is 8.43. The molecule has 0 unspecified atom stereocenters. The monoisotopic (exact) mass is 355 g/mol. The molecule has 3 rings (SSSR count). The predicted molar refractivity (Wildman–Crippen MR) is 95.6 cm³/mol. The van der Waals surface area contributed by atoms with Crippen molar-refractivity contribution < 1.29 is 9.18 Å². The summed E-state index contributed by atoms with van der Waals surface area (Å²) in [5.74, 6) is -0.544. The Hall–Kier alpha value is -2.93. The first kappa shape index (κ1) is 16.9. The number of anilines is 1. The number of benzene rings is 2. The van der Waals surface area contributed by atoms with Crippen LogP contribution < -0.4 is 10.9 Å². The topological polar surface area (TPSA) is 64.0 Å². The third kappa shape index (κ3) is 4.33. The fourth-order valence-corrected chi connectivity index (χ4v) is 2.85. The van der Waals surface area contributed by atoms with Crippen molar-refractivity contribution in [3.8, 4) is 5.69 Å². The van der Waals surface area contributed by atoms with Crippen molar-refractivity contribution in [2.75, 3.05) is 11.1 Å². The molecule has 0 bridgehead atoms. The van der Waals surface area contributed by atoms with Gasteiger partial charge < -0.3 is 5.32 Å². The summed E-state index contributed by atoms with van der Waals surface area (Å²) in [4.78, 5) is 28.5. The van der Waals surface area contributed by atoms with Crippen molar-refractivity contribution in [3.63, 3.8) is 0 Å². The lowest BCUT2D eigenvalue weighted by molar-refractivity contribution is -0.113. The lowest BCUT2D eigenvalue weighted by atomic mass is 10.3. The molecule has 7 heteroatoms. The molecule has 0 saturated carbocycles. The van der Waals surface area contributed by atoms with Crippen LogP contribution in [0, 0.1) is 5.82 Å². The standard InChI is InChI=1S/C18H14FN3O2S/c19-13-6-8-15(9-7-13)22-11-10-20-17(18(22)24)25-12-16(23)21-14-4-2-1-3-5-14/h1-11H,12H2,(H,21,23). The average molecular weight is 355 g/mol. The summed E-state index contributed by atoms with van der Waals surface area (Å²) < 4.78 is 14.4. The Balaban J connectivity index is 1.71. The van der Waals surface area contributed by atoms with Crippen LogP contribution in [0.25, 0.3) is 5.69 Å². The maximum atomic E-state index is 13.0. The second-order valence-corrected chi connectivity index (χ2v) is 6.05. The van der Waals surface area contributed by atoms with Gasteiger partial charge in [0.25, 0.3) is 5.56 Å². The minimum absolute atomic E-state index is 0.0601. The largest absolute Gasteiger partial charge is 0.325 e. The van der Waals surface area contributed by atoms with E-state index < -0.39 is 0 Å². The molecule has 126 valence electrons. The van der Waals surface area contributed by atoms with Crippen molar-refractivity contribution in [2.45, 2.75) is 5.03 Å². The number of nitrogens with one attached hydrogen (secondary N) is 1. The van der Waals surface area contributed by atoms with Gasteiger partial charge >= 0.3 is 0 Å². The molecular formula is C18H14FN3O2S. The van der Waals surface area contributed by atoms with Crippen LogP contribution in [0.4, 0.5) is 10.1 Å². The van der Waals surface area contributed by atoms with Crippen LogP contribution in [0.15, 0.2) is 76.8 Å². The van der Waals surface area contributed by atoms with Gasteiger partial charge in [0.1, 0.15) is 5.82 Å². The van der Waals surface area contributed by atoms with Crippen molar-refractivity contribution >= 4 is 23.4 Å². The van der Waals surface area contributed by atoms with Crippen molar-refractivity contribution in [3.05, 3.63) is 83.2 Å². The summed E-state index contributed by atoms with van der Waals surface area (Å²) in [6, 6.07) is 14.6. The molecule has 2 aromatic carbocycles. The Morgan fingerprint density at radius 3 is 2.56 bits per heavy atom. The average Bonchev–Trinajstić information content (AvgIpc) is 2.63. The molecule has 0 aliphatic carbocycles. The van der Waals surface area contributed by atoms with E-state index in [2.05, 4.69) is 10.3 Å². The second kappa shape index (κ2) is 7.76. The molecule has 0 fully saturated rings. The molecule has 0 radical (unpaired) electrons. The SMILES string of the molecule is O=C(CSc1nccn(-c2ccc(F)cc2)c1=O)Nc1ccccc1. The number of para-hydroxylation sites is 1. The number of halogens is 1. The molecule has 0 atom stereocenters. The van der Waals surface area contributed by atoms with Crippen molar-refractivity contribution in [1.82, 2.24) is 9.55 Å². The van der Waals surface area contributed by atoms with Crippen LogP contribution in [0.3, 0.4) is 0 Å². The Labute approximate surface area is 147 Å². The molecule has 1 heterocycles. The molecular weight excluding hydrogens is 341 g/mol. The molecule has 0 saturated heterocycles. The number of carbonyl (C=O) groups excluding carboxylic acids is 1. The smallest absolute Gasteiger partial charge is 0.287 e. The van der Waals surface area contributed by atoms with Crippen LogP contribution >= 0.6 is 11.8 Å². The van der Waals surface area contributed by atoms with Crippen LogP contribution in [-0.2, 0) is 4.79 Å². The number of hydrogen-bond donors (Lipinski definition) is 1. The highest BCUT2D eigenvalue weighted by Gasteiger charge is 2.10. The van der Waals surface area contributed by atoms with E-state index in [-0.39, 0.29) is 28.1 Å². The molecule has 1 aromatic heterocycles. The highest BCUT2D eigenvalue weighted by molar-refractivity contribution is 7.99. The highest BCUT2D eigenvalue weighted by atomic mass is 32.2. The van der Waals surface area contributed by atoms with Gasteiger partial charge in [-0.15, -0.1) is 0 Å². The van der Waals surface area contributed by atoms with E-state index >= 15 is 0 Å². The number of aromatic nitrogens is 2. The lowest BCUT2D eigenvalue weighted by Gasteiger charge is -2.07. The van der Waals surface area contributed by atoms with Crippen LogP contribution in [0.1, 0.15) is 0 Å². The Morgan fingerprint density at radius 2 is 1.84 bits per heavy atom. The predicted octanol–water partition coefficient (Wildman–Crippen LogP) is 3.10. The molecule has 3 aromatic rings. The van der Waals surface area contributed by atoms with E-state index in [1.807, 2.05) is 18.2 Å². The van der Waals surface area contributed by atoms with Gasteiger partial charge in [-0.3, -0.25) is 14.2 Å². The zero-order valence-corrected chi connectivity index (χ0v) is 13.9. The molecule has 1 amide bonds. The Kier molecular flexibility index (Phi) is 5.25. The van der Waals surface area contributed by atoms with E-state index in [4.69, 9.17) is 0 Å². The highest BCUT2D eigenvalue weighted by Crippen LogP contribution is 2.13. The first-order valence-electron chi connectivity index (χ1n) is 7.45. The molecule has 0 aliphatic rings. The quantitative estimate of drug-likeness (QED) is 0.715. The summed E-state index contributed by atoms with van der Waals surface area (Å²) in [6.45, 7) is 0. The van der Waals surface area contributed by atoms with Gasteiger partial charge in [-0.05, 0) is 36.4 Å². The maximum absolute atomic E-state index is 13.0. The zero-order chi connectivity index (χ0) is 17.6. The Bertz CT molecular complexity index is 927. The van der Waals surface area contributed by atoms with Gasteiger partial charge in [-0.1, -0.05) is 30.0 Å². The van der Waals surface area contributed by atoms with Gasteiger partial charge in [0, 0.05) is 23.8 Å². The van der Waals surface area contributed by atoms with Crippen LogP contribution in [0.2, 0.25) is 0 Å². The summed E-state index contributed by atoms with van der Waals surface area (Å²) in [5.41, 5.74) is 0.869. The van der Waals surface area contributed by atoms with Gasteiger partial charge in [0.2, 0.25) is 5.91 Å². The third-order valence-electron chi connectivity index (χ3n) is 3.31. The van der Waals surface area contributed by atoms with E-state index in [9.17, 15) is 14.0 Å². The molecule has 5 nitrogen and oxygen atoms in total. The fourth-order valence-electron chi connectivity index (χ4n) is 2.15. The second-order valence-electron chi connectivity index (χ2n) is 5.09. The van der Waals surface area contributed by atoms with Crippen molar-refractivity contribution in [2.24, 2.45) is 0 Å². The van der Waals surface area contributed by atoms with E-state index in [1.54, 1.807) is 12.1 Å². The number of amides is 1. The van der Waals surface area contributed by atoms with Gasteiger partial charge in [0.15, 0.2) is 5.03 Å². The minimum Gasteiger partial charge on any atom is -0.325 e. The first-order chi connectivity index (χ1) is 12.1. The van der Waals surface area contributed by atoms with Gasteiger partial charge in [-0.2, -0.15) is 0 Å². The zero-order valence-electron chi connectivity index (χ0n) is 13.1. The van der Waals surface area contributed by atoms with E-state index in [0.717, 1.165) is 11.8 Å². The summed E-state index contributed by atoms with van der Waals surface area (Å²) in [5, 5.41) is 2.95. The number of nitrogens with zero attached hydrogens (tertiary/aromatic N) is 2. The summed E-state index contributed by atoms with van der Waals surface area (Å²) in [7, 11) is 0. The third-order valence-corrected chi connectivity index (χ3v) is 4.27. The fraction of sp³-hybridized carbons (Fsp3) is 0.0556. The van der Waals surface area contributed by atoms with Gasteiger partial charge in [-0.25, -0.2) is 9.37 Å². The van der Waals surface area contributed by atoms with E-state index in [0.29, 0.717) is 11.4 Å². The summed E-state index contributed by atoms with van der Waals surface area (Å²) >= 11 is 1.06. The summed E-state index contributed by atoms with van der Waals surface area (Å²) in [6.07, 6.45) is 2.98. The maximum Gasteiger partial charge on any atom is 0.287 e. The van der Waals surface area contributed by atoms with Crippen molar-refractivity contribution in [1.29, 1.82) is 0 Å². The van der Waals surface area contributed by atoms with Crippen LogP contribution in [0.5, 0.6) is 0 Å². The molecule has 0 spiro atoms. The molecule has 0 aliphatic heterocycles. The van der Waals surface area contributed by atoms with E-state index in [1.165, 1.54) is 41.2 Å². The number of thioether (sulfide) groups is 1. The lowest BCUT2D eigenvalue weighted by Crippen LogP contribution is -2.22. The number of carbonyl (C=O) groups is 1. The molecule has 25 heavy (non-hydrogen) atoms.